The van der Waals surface area contributed by atoms with E-state index in [1.165, 1.54) is 0 Å². The smallest absolute Gasteiger partial charge is 0.177 e. The molecular formula is C9H12N2O. The van der Waals surface area contributed by atoms with Crippen LogP contribution in [0.4, 0.5) is 0 Å². The maximum Gasteiger partial charge on any atom is 0.177 e. The van der Waals surface area contributed by atoms with Crippen LogP contribution in [0.1, 0.15) is 42.5 Å². The van der Waals surface area contributed by atoms with Gasteiger partial charge in [-0.3, -0.25) is 4.79 Å². The topological polar surface area (TPSA) is 34.9 Å². The monoisotopic (exact) mass is 164 g/mol. The summed E-state index contributed by atoms with van der Waals surface area (Å²) in [7, 11) is 0. The lowest BCUT2D eigenvalue weighted by molar-refractivity contribution is 0.100. The summed E-state index contributed by atoms with van der Waals surface area (Å²) in [5.74, 6) is 1.70. The van der Waals surface area contributed by atoms with Crippen LogP contribution in [-0.4, -0.2) is 15.3 Å². The highest BCUT2D eigenvalue weighted by molar-refractivity contribution is 5.92. The number of Topliss-reactive ketones (excluding diaryl/α,β-unsaturated/α-hetero) is 1. The second-order valence-electron chi connectivity index (χ2n) is 3.40. The van der Waals surface area contributed by atoms with Gasteiger partial charge in [-0.1, -0.05) is 6.92 Å². The minimum Gasteiger partial charge on any atom is -0.325 e. The van der Waals surface area contributed by atoms with Gasteiger partial charge in [0.15, 0.2) is 5.78 Å². The molecule has 0 saturated heterocycles. The molecule has 1 aromatic rings. The van der Waals surface area contributed by atoms with Gasteiger partial charge in [-0.2, -0.15) is 0 Å². The number of carbonyl (C=O) groups is 1. The van der Waals surface area contributed by atoms with E-state index in [4.69, 9.17) is 0 Å². The fraction of sp³-hybridized carbons (Fsp3) is 0.556. The predicted molar refractivity (Wildman–Crippen MR) is 45.3 cm³/mol. The van der Waals surface area contributed by atoms with E-state index in [0.29, 0.717) is 5.92 Å². The van der Waals surface area contributed by atoms with E-state index in [1.807, 2.05) is 4.57 Å². The van der Waals surface area contributed by atoms with Crippen LogP contribution in [0.15, 0.2) is 6.20 Å². The van der Waals surface area contributed by atoms with Crippen molar-refractivity contribution >= 4 is 5.78 Å². The highest BCUT2D eigenvalue weighted by atomic mass is 16.1. The number of hydrogen-bond donors (Lipinski definition) is 0. The second kappa shape index (κ2) is 2.44. The molecule has 0 saturated carbocycles. The summed E-state index contributed by atoms with van der Waals surface area (Å²) < 4.78 is 2.03. The molecular weight excluding hydrogens is 152 g/mol. The van der Waals surface area contributed by atoms with Gasteiger partial charge < -0.3 is 4.57 Å². The first kappa shape index (κ1) is 7.53. The zero-order valence-electron chi connectivity index (χ0n) is 7.37. The van der Waals surface area contributed by atoms with Crippen LogP contribution in [0.5, 0.6) is 0 Å². The maximum absolute atomic E-state index is 11.1. The zero-order valence-corrected chi connectivity index (χ0v) is 7.37. The average molecular weight is 164 g/mol. The lowest BCUT2D eigenvalue weighted by Crippen LogP contribution is -2.03. The number of fused-ring (bicyclic) bond motifs is 1. The number of imidazole rings is 1. The van der Waals surface area contributed by atoms with E-state index in [-0.39, 0.29) is 5.78 Å². The van der Waals surface area contributed by atoms with Gasteiger partial charge in [0.05, 0.1) is 6.20 Å². The number of ketones is 1. The van der Waals surface area contributed by atoms with Crippen molar-refractivity contribution in [3.8, 4) is 0 Å². The van der Waals surface area contributed by atoms with Gasteiger partial charge in [0.25, 0.3) is 0 Å². The molecule has 0 amide bonds. The van der Waals surface area contributed by atoms with E-state index in [1.54, 1.807) is 13.1 Å². The van der Waals surface area contributed by atoms with Gasteiger partial charge in [-0.15, -0.1) is 0 Å². The van der Waals surface area contributed by atoms with Crippen LogP contribution < -0.4 is 0 Å². The molecule has 0 bridgehead atoms. The molecule has 0 radical (unpaired) electrons. The van der Waals surface area contributed by atoms with Gasteiger partial charge >= 0.3 is 0 Å². The van der Waals surface area contributed by atoms with Crippen molar-refractivity contribution in [1.29, 1.82) is 0 Å². The molecule has 12 heavy (non-hydrogen) atoms. The molecule has 0 N–H and O–H groups in total. The van der Waals surface area contributed by atoms with Crippen LogP contribution in [0.3, 0.4) is 0 Å². The van der Waals surface area contributed by atoms with Crippen LogP contribution in [-0.2, 0) is 6.54 Å². The molecule has 1 atom stereocenters. The highest BCUT2D eigenvalue weighted by Gasteiger charge is 2.23. The van der Waals surface area contributed by atoms with E-state index >= 15 is 0 Å². The Morgan fingerprint density at radius 2 is 2.50 bits per heavy atom. The Labute approximate surface area is 71.4 Å². The van der Waals surface area contributed by atoms with Crippen molar-refractivity contribution in [2.24, 2.45) is 0 Å². The summed E-state index contributed by atoms with van der Waals surface area (Å²) in [6.07, 6.45) is 2.80. The van der Waals surface area contributed by atoms with Gasteiger partial charge in [0, 0.05) is 19.4 Å². The second-order valence-corrected chi connectivity index (χ2v) is 3.40. The average Bonchev–Trinajstić information content (AvgIpc) is 2.53. The summed E-state index contributed by atoms with van der Waals surface area (Å²) >= 11 is 0. The lowest BCUT2D eigenvalue weighted by Gasteiger charge is -1.99. The summed E-state index contributed by atoms with van der Waals surface area (Å²) in [4.78, 5) is 15.4. The van der Waals surface area contributed by atoms with E-state index in [9.17, 15) is 4.79 Å². The van der Waals surface area contributed by atoms with Crippen LogP contribution in [0, 0.1) is 0 Å². The number of rotatable bonds is 1. The highest BCUT2D eigenvalue weighted by Crippen LogP contribution is 2.27. The van der Waals surface area contributed by atoms with Gasteiger partial charge in [-0.25, -0.2) is 4.98 Å². The summed E-state index contributed by atoms with van der Waals surface area (Å²) in [5.41, 5.74) is 0.759. The Balaban J connectivity index is 2.49. The number of aromatic nitrogens is 2. The van der Waals surface area contributed by atoms with E-state index in [2.05, 4.69) is 11.9 Å². The first-order valence-electron chi connectivity index (χ1n) is 4.26. The Kier molecular flexibility index (Phi) is 1.53. The van der Waals surface area contributed by atoms with Crippen LogP contribution in [0.2, 0.25) is 0 Å². The van der Waals surface area contributed by atoms with E-state index < -0.39 is 0 Å². The molecule has 3 nitrogen and oxygen atoms in total. The van der Waals surface area contributed by atoms with Gasteiger partial charge in [0.2, 0.25) is 0 Å². The molecule has 2 rings (SSSR count). The maximum atomic E-state index is 11.1. The molecule has 3 heteroatoms. The van der Waals surface area contributed by atoms with Crippen LogP contribution >= 0.6 is 0 Å². The summed E-state index contributed by atoms with van der Waals surface area (Å²) in [6.45, 7) is 4.69. The first-order valence-corrected chi connectivity index (χ1v) is 4.26. The number of carbonyl (C=O) groups excluding carboxylic acids is 1. The summed E-state index contributed by atoms with van der Waals surface area (Å²) in [6, 6.07) is 0. The molecule has 0 aromatic carbocycles. The Bertz CT molecular complexity index is 327. The van der Waals surface area contributed by atoms with Crippen molar-refractivity contribution in [2.75, 3.05) is 0 Å². The van der Waals surface area contributed by atoms with Crippen molar-refractivity contribution in [1.82, 2.24) is 9.55 Å². The molecule has 2 heterocycles. The van der Waals surface area contributed by atoms with E-state index in [0.717, 1.165) is 24.5 Å². The normalized spacial score (nSPS) is 21.0. The molecule has 1 aliphatic heterocycles. The van der Waals surface area contributed by atoms with Crippen molar-refractivity contribution in [3.05, 3.63) is 17.7 Å². The fourth-order valence-electron chi connectivity index (χ4n) is 1.75. The Hall–Kier alpha value is -1.12. The molecule has 1 aromatic heterocycles. The van der Waals surface area contributed by atoms with Crippen molar-refractivity contribution in [3.63, 3.8) is 0 Å². The number of nitrogens with zero attached hydrogens (tertiary/aromatic N) is 2. The Morgan fingerprint density at radius 1 is 1.75 bits per heavy atom. The molecule has 0 aliphatic carbocycles. The fourth-order valence-corrected chi connectivity index (χ4v) is 1.75. The van der Waals surface area contributed by atoms with Crippen molar-refractivity contribution < 1.29 is 4.79 Å². The zero-order chi connectivity index (χ0) is 8.72. The quantitative estimate of drug-likeness (QED) is 0.591. The number of hydrogen-bond acceptors (Lipinski definition) is 2. The molecule has 64 valence electrons. The molecule has 0 fully saturated rings. The van der Waals surface area contributed by atoms with Gasteiger partial charge in [-0.05, 0) is 6.42 Å². The third kappa shape index (κ3) is 0.891. The van der Waals surface area contributed by atoms with Gasteiger partial charge in [0.1, 0.15) is 11.5 Å². The summed E-state index contributed by atoms with van der Waals surface area (Å²) in [5, 5.41) is 0. The minimum atomic E-state index is 0.114. The lowest BCUT2D eigenvalue weighted by atomic mass is 10.1. The van der Waals surface area contributed by atoms with Crippen LogP contribution in [0.25, 0.3) is 0 Å². The molecule has 0 spiro atoms. The standard InChI is InChI=1S/C9H12N2O/c1-6-3-4-11-8(7(2)12)5-10-9(6)11/h5-6H,3-4H2,1-2H3. The molecule has 1 unspecified atom stereocenters. The Morgan fingerprint density at radius 3 is 3.17 bits per heavy atom. The largest absolute Gasteiger partial charge is 0.325 e. The predicted octanol–water partition coefficient (Wildman–Crippen LogP) is 1.59. The molecule has 1 aliphatic rings. The SMILES string of the molecule is CC(=O)c1cnc2n1CCC2C. The minimum absolute atomic E-state index is 0.114. The van der Waals surface area contributed by atoms with Crippen molar-refractivity contribution in [2.45, 2.75) is 32.7 Å². The third-order valence-corrected chi connectivity index (χ3v) is 2.47. The third-order valence-electron chi connectivity index (χ3n) is 2.47. The first-order chi connectivity index (χ1) is 5.70.